The minimum absolute atomic E-state index is 0.0359. The van der Waals surface area contributed by atoms with Gasteiger partial charge in [0.25, 0.3) is 5.92 Å². The molecule has 0 radical (unpaired) electrons. The van der Waals surface area contributed by atoms with Crippen LogP contribution in [0.25, 0.3) is 10.9 Å². The summed E-state index contributed by atoms with van der Waals surface area (Å²) in [6.45, 7) is -0.669. The molecule has 2 nitrogen and oxygen atoms in total. The van der Waals surface area contributed by atoms with Crippen molar-refractivity contribution in [2.24, 2.45) is 12.8 Å². The maximum absolute atomic E-state index is 13.4. The molecule has 0 saturated carbocycles. The number of para-hydroxylation sites is 1. The van der Waals surface area contributed by atoms with Gasteiger partial charge in [-0.05, 0) is 12.1 Å². The van der Waals surface area contributed by atoms with Crippen molar-refractivity contribution in [3.8, 4) is 0 Å². The lowest BCUT2D eigenvalue weighted by molar-refractivity contribution is -0.000994. The van der Waals surface area contributed by atoms with Crippen molar-refractivity contribution >= 4 is 10.9 Å². The number of benzene rings is 1. The van der Waals surface area contributed by atoms with Crippen LogP contribution in [0.3, 0.4) is 0 Å². The van der Waals surface area contributed by atoms with Gasteiger partial charge in [-0.3, -0.25) is 0 Å². The third-order valence-electron chi connectivity index (χ3n) is 2.58. The van der Waals surface area contributed by atoms with Crippen LogP contribution in [0.15, 0.2) is 30.3 Å². The van der Waals surface area contributed by atoms with Crippen molar-refractivity contribution in [2.75, 3.05) is 6.54 Å². The topological polar surface area (TPSA) is 30.9 Å². The fourth-order valence-electron chi connectivity index (χ4n) is 1.74. The van der Waals surface area contributed by atoms with E-state index in [4.69, 9.17) is 5.73 Å². The molecule has 0 aliphatic heterocycles. The molecule has 0 amide bonds. The van der Waals surface area contributed by atoms with Crippen LogP contribution in [-0.4, -0.2) is 11.1 Å². The van der Waals surface area contributed by atoms with Gasteiger partial charge in [0.15, 0.2) is 0 Å². The van der Waals surface area contributed by atoms with Crippen molar-refractivity contribution in [2.45, 2.75) is 5.92 Å². The highest BCUT2D eigenvalue weighted by Gasteiger charge is 2.33. The standard InChI is InChI=1S/C11H12F2N2/c1-15-9-5-3-2-4-8(9)6-10(15)11(12,13)7-14/h2-6H,7,14H2,1H3. The van der Waals surface area contributed by atoms with E-state index in [0.29, 0.717) is 0 Å². The summed E-state index contributed by atoms with van der Waals surface area (Å²) in [7, 11) is 1.63. The van der Waals surface area contributed by atoms with Crippen LogP contribution in [0.4, 0.5) is 8.78 Å². The van der Waals surface area contributed by atoms with Crippen LogP contribution in [0, 0.1) is 0 Å². The number of hydrogen-bond donors (Lipinski definition) is 1. The molecule has 1 aromatic carbocycles. The van der Waals surface area contributed by atoms with Gasteiger partial charge in [0.2, 0.25) is 0 Å². The zero-order valence-corrected chi connectivity index (χ0v) is 8.37. The number of rotatable bonds is 2. The van der Waals surface area contributed by atoms with E-state index in [1.165, 1.54) is 10.6 Å². The first-order chi connectivity index (χ1) is 7.06. The van der Waals surface area contributed by atoms with Crippen LogP contribution in [0.5, 0.6) is 0 Å². The molecule has 0 aliphatic carbocycles. The highest BCUT2D eigenvalue weighted by molar-refractivity contribution is 5.81. The summed E-state index contributed by atoms with van der Waals surface area (Å²) in [4.78, 5) is 0. The fourth-order valence-corrected chi connectivity index (χ4v) is 1.74. The van der Waals surface area contributed by atoms with Crippen LogP contribution < -0.4 is 5.73 Å². The number of nitrogens with two attached hydrogens (primary N) is 1. The first-order valence-corrected chi connectivity index (χ1v) is 4.69. The van der Waals surface area contributed by atoms with Crippen LogP contribution in [0.2, 0.25) is 0 Å². The molecule has 2 aromatic rings. The van der Waals surface area contributed by atoms with Crippen LogP contribution in [-0.2, 0) is 13.0 Å². The molecule has 80 valence electrons. The largest absolute Gasteiger partial charge is 0.343 e. The van der Waals surface area contributed by atoms with E-state index in [-0.39, 0.29) is 5.69 Å². The minimum atomic E-state index is -2.96. The Kier molecular flexibility index (Phi) is 2.23. The number of halogens is 2. The number of aryl methyl sites for hydroxylation is 1. The second-order valence-corrected chi connectivity index (χ2v) is 3.56. The Balaban J connectivity index is 2.68. The van der Waals surface area contributed by atoms with Crippen molar-refractivity contribution in [1.29, 1.82) is 0 Å². The number of alkyl halides is 2. The Bertz CT molecular complexity index is 488. The van der Waals surface area contributed by atoms with Crippen molar-refractivity contribution in [3.63, 3.8) is 0 Å². The van der Waals surface area contributed by atoms with E-state index in [1.54, 1.807) is 7.05 Å². The van der Waals surface area contributed by atoms with Gasteiger partial charge in [-0.1, -0.05) is 18.2 Å². The third-order valence-corrected chi connectivity index (χ3v) is 2.58. The average Bonchev–Trinajstić information content (AvgIpc) is 2.58. The number of fused-ring (bicyclic) bond motifs is 1. The molecule has 0 spiro atoms. The van der Waals surface area contributed by atoms with E-state index >= 15 is 0 Å². The lowest BCUT2D eigenvalue weighted by atomic mass is 10.2. The van der Waals surface area contributed by atoms with Gasteiger partial charge < -0.3 is 10.3 Å². The molecule has 0 fully saturated rings. The molecule has 0 atom stereocenters. The Morgan fingerprint density at radius 1 is 1.33 bits per heavy atom. The fraction of sp³-hybridized carbons (Fsp3) is 0.273. The predicted octanol–water partition coefficient (Wildman–Crippen LogP) is 2.23. The quantitative estimate of drug-likeness (QED) is 0.809. The Labute approximate surface area is 86.3 Å². The van der Waals surface area contributed by atoms with Gasteiger partial charge in [0.1, 0.15) is 0 Å². The Morgan fingerprint density at radius 3 is 2.60 bits per heavy atom. The van der Waals surface area contributed by atoms with Crippen LogP contribution >= 0.6 is 0 Å². The molecule has 15 heavy (non-hydrogen) atoms. The zero-order chi connectivity index (χ0) is 11.1. The monoisotopic (exact) mass is 210 g/mol. The molecule has 4 heteroatoms. The van der Waals surface area contributed by atoms with E-state index in [0.717, 1.165) is 10.9 Å². The van der Waals surface area contributed by atoms with Gasteiger partial charge >= 0.3 is 0 Å². The van der Waals surface area contributed by atoms with E-state index in [9.17, 15) is 8.78 Å². The molecule has 2 N–H and O–H groups in total. The molecule has 0 unspecified atom stereocenters. The zero-order valence-electron chi connectivity index (χ0n) is 8.37. The Morgan fingerprint density at radius 2 is 2.00 bits per heavy atom. The first-order valence-electron chi connectivity index (χ1n) is 4.69. The highest BCUT2D eigenvalue weighted by atomic mass is 19.3. The second-order valence-electron chi connectivity index (χ2n) is 3.56. The van der Waals surface area contributed by atoms with Gasteiger partial charge in [-0.15, -0.1) is 0 Å². The van der Waals surface area contributed by atoms with E-state index in [1.807, 2.05) is 24.3 Å². The number of hydrogen-bond acceptors (Lipinski definition) is 1. The summed E-state index contributed by atoms with van der Waals surface area (Å²) in [6, 6.07) is 8.76. The van der Waals surface area contributed by atoms with Gasteiger partial charge in [0.05, 0.1) is 12.2 Å². The number of aromatic nitrogens is 1. The van der Waals surface area contributed by atoms with Crippen molar-refractivity contribution in [1.82, 2.24) is 4.57 Å². The lowest BCUT2D eigenvalue weighted by Crippen LogP contribution is -2.27. The maximum atomic E-state index is 13.4. The number of nitrogens with zero attached hydrogens (tertiary/aromatic N) is 1. The van der Waals surface area contributed by atoms with Gasteiger partial charge in [-0.2, -0.15) is 8.78 Å². The molecule has 2 rings (SSSR count). The van der Waals surface area contributed by atoms with Crippen molar-refractivity contribution in [3.05, 3.63) is 36.0 Å². The molecule has 0 aliphatic rings. The maximum Gasteiger partial charge on any atom is 0.299 e. The molecule has 1 heterocycles. The molecule has 0 saturated heterocycles. The summed E-state index contributed by atoms with van der Waals surface area (Å²) >= 11 is 0. The van der Waals surface area contributed by atoms with E-state index in [2.05, 4.69) is 0 Å². The summed E-state index contributed by atoms with van der Waals surface area (Å²) in [5.74, 6) is -2.96. The second kappa shape index (κ2) is 3.31. The third kappa shape index (κ3) is 1.51. The molecule has 1 aromatic heterocycles. The Hall–Kier alpha value is -1.42. The summed E-state index contributed by atoms with van der Waals surface area (Å²) in [5.41, 5.74) is 5.82. The normalized spacial score (nSPS) is 12.3. The van der Waals surface area contributed by atoms with Crippen molar-refractivity contribution < 1.29 is 8.78 Å². The molecular weight excluding hydrogens is 198 g/mol. The first kappa shape index (κ1) is 10.1. The predicted molar refractivity (Wildman–Crippen MR) is 55.9 cm³/mol. The highest BCUT2D eigenvalue weighted by Crippen LogP contribution is 2.30. The smallest absolute Gasteiger partial charge is 0.299 e. The summed E-state index contributed by atoms with van der Waals surface area (Å²) in [6.07, 6.45) is 0. The average molecular weight is 210 g/mol. The summed E-state index contributed by atoms with van der Waals surface area (Å²) < 4.78 is 28.4. The minimum Gasteiger partial charge on any atom is -0.343 e. The molecule has 0 bridgehead atoms. The van der Waals surface area contributed by atoms with Gasteiger partial charge in [-0.25, -0.2) is 0 Å². The summed E-state index contributed by atoms with van der Waals surface area (Å²) in [5, 5.41) is 0.808. The van der Waals surface area contributed by atoms with Gasteiger partial charge in [0, 0.05) is 18.0 Å². The SMILES string of the molecule is Cn1c(C(F)(F)CN)cc2ccccc21. The van der Waals surface area contributed by atoms with Crippen LogP contribution in [0.1, 0.15) is 5.69 Å². The lowest BCUT2D eigenvalue weighted by Gasteiger charge is -2.14. The molecular formula is C11H12F2N2. The van der Waals surface area contributed by atoms with E-state index < -0.39 is 12.5 Å².